The molecular formula is C14H19BrFNO. The Morgan fingerprint density at radius 1 is 1.50 bits per heavy atom. The molecule has 1 amide bonds. The van der Waals surface area contributed by atoms with Gasteiger partial charge >= 0.3 is 0 Å². The van der Waals surface area contributed by atoms with Crippen molar-refractivity contribution in [3.8, 4) is 0 Å². The third-order valence-corrected chi connectivity index (χ3v) is 3.54. The van der Waals surface area contributed by atoms with Crippen molar-refractivity contribution in [2.75, 3.05) is 11.9 Å². The average molecular weight is 316 g/mol. The third-order valence-electron chi connectivity index (χ3n) is 3.08. The molecule has 1 atom stereocenters. The van der Waals surface area contributed by atoms with E-state index in [1.54, 1.807) is 19.1 Å². The molecule has 2 nitrogen and oxygen atoms in total. The lowest BCUT2D eigenvalue weighted by Crippen LogP contribution is -2.30. The molecule has 18 heavy (non-hydrogen) atoms. The number of nitrogens with one attached hydrogen (secondary N) is 1. The third kappa shape index (κ3) is 4.09. The van der Waals surface area contributed by atoms with Crippen molar-refractivity contribution in [3.63, 3.8) is 0 Å². The lowest BCUT2D eigenvalue weighted by molar-refractivity contribution is 0.0942. The number of amides is 1. The number of aryl methyl sites for hydroxylation is 1. The van der Waals surface area contributed by atoms with E-state index < -0.39 is 5.82 Å². The zero-order chi connectivity index (χ0) is 13.5. The van der Waals surface area contributed by atoms with Crippen LogP contribution in [0.4, 0.5) is 4.39 Å². The normalized spacial score (nSPS) is 12.2. The monoisotopic (exact) mass is 315 g/mol. The van der Waals surface area contributed by atoms with E-state index in [9.17, 15) is 9.18 Å². The van der Waals surface area contributed by atoms with Gasteiger partial charge in [-0.25, -0.2) is 4.39 Å². The summed E-state index contributed by atoms with van der Waals surface area (Å²) in [5.74, 6) is -0.325. The second-order valence-corrected chi connectivity index (χ2v) is 5.19. The highest BCUT2D eigenvalue weighted by molar-refractivity contribution is 9.09. The summed E-state index contributed by atoms with van der Waals surface area (Å²) in [5.41, 5.74) is 0.624. The minimum Gasteiger partial charge on any atom is -0.352 e. The van der Waals surface area contributed by atoms with Crippen molar-refractivity contribution < 1.29 is 9.18 Å². The van der Waals surface area contributed by atoms with Gasteiger partial charge in [-0.05, 0) is 30.9 Å². The van der Waals surface area contributed by atoms with Crippen LogP contribution in [0.2, 0.25) is 0 Å². The SMILES string of the molecule is CCC(CCBr)CNC(=O)c1cccc(C)c1F. The molecule has 100 valence electrons. The van der Waals surface area contributed by atoms with Crippen molar-refractivity contribution >= 4 is 21.8 Å². The van der Waals surface area contributed by atoms with Gasteiger partial charge in [-0.3, -0.25) is 4.79 Å². The van der Waals surface area contributed by atoms with E-state index in [0.29, 0.717) is 18.0 Å². The van der Waals surface area contributed by atoms with Gasteiger partial charge in [0, 0.05) is 11.9 Å². The minimum atomic E-state index is -0.427. The maximum atomic E-state index is 13.7. The summed E-state index contributed by atoms with van der Waals surface area (Å²) in [6.07, 6.45) is 2.01. The number of halogens is 2. The average Bonchev–Trinajstić information content (AvgIpc) is 2.37. The Bertz CT molecular complexity index is 409. The lowest BCUT2D eigenvalue weighted by Gasteiger charge is -2.14. The fourth-order valence-electron chi connectivity index (χ4n) is 1.76. The van der Waals surface area contributed by atoms with Crippen LogP contribution in [0.15, 0.2) is 18.2 Å². The molecule has 1 aromatic carbocycles. The van der Waals surface area contributed by atoms with Gasteiger partial charge in [-0.15, -0.1) is 0 Å². The van der Waals surface area contributed by atoms with Gasteiger partial charge in [0.25, 0.3) is 5.91 Å². The fourth-order valence-corrected chi connectivity index (χ4v) is 2.41. The molecule has 0 spiro atoms. The van der Waals surface area contributed by atoms with E-state index in [-0.39, 0.29) is 11.5 Å². The zero-order valence-corrected chi connectivity index (χ0v) is 12.4. The summed E-state index contributed by atoms with van der Waals surface area (Å²) >= 11 is 3.39. The standard InChI is InChI=1S/C14H19BrFNO/c1-3-11(7-8-15)9-17-14(18)12-6-4-5-10(2)13(12)16/h4-6,11H,3,7-9H2,1-2H3,(H,17,18). The Labute approximate surface area is 116 Å². The Kier molecular flexibility index (Phi) is 6.33. The number of carbonyl (C=O) groups is 1. The largest absolute Gasteiger partial charge is 0.352 e. The maximum absolute atomic E-state index is 13.7. The number of benzene rings is 1. The van der Waals surface area contributed by atoms with Crippen LogP contribution in [-0.2, 0) is 0 Å². The Balaban J connectivity index is 2.62. The lowest BCUT2D eigenvalue weighted by atomic mass is 10.0. The van der Waals surface area contributed by atoms with Crippen LogP contribution in [0.5, 0.6) is 0 Å². The summed E-state index contributed by atoms with van der Waals surface area (Å²) in [4.78, 5) is 11.9. The quantitative estimate of drug-likeness (QED) is 0.797. The smallest absolute Gasteiger partial charge is 0.254 e. The number of hydrogen-bond donors (Lipinski definition) is 1. The molecule has 1 aromatic rings. The molecule has 0 radical (unpaired) electrons. The highest BCUT2D eigenvalue weighted by atomic mass is 79.9. The summed E-state index contributed by atoms with van der Waals surface area (Å²) in [5, 5.41) is 3.72. The summed E-state index contributed by atoms with van der Waals surface area (Å²) in [7, 11) is 0. The van der Waals surface area contributed by atoms with E-state index in [1.165, 1.54) is 6.07 Å². The molecule has 0 aliphatic carbocycles. The number of rotatable bonds is 6. The highest BCUT2D eigenvalue weighted by Gasteiger charge is 2.14. The summed E-state index contributed by atoms with van der Waals surface area (Å²) in [6, 6.07) is 4.87. The van der Waals surface area contributed by atoms with Crippen LogP contribution in [0.25, 0.3) is 0 Å². The van der Waals surface area contributed by atoms with E-state index in [1.807, 2.05) is 0 Å². The molecule has 0 aromatic heterocycles. The first-order valence-electron chi connectivity index (χ1n) is 6.19. The summed E-state index contributed by atoms with van der Waals surface area (Å²) in [6.45, 7) is 4.34. The summed E-state index contributed by atoms with van der Waals surface area (Å²) < 4.78 is 13.7. The predicted octanol–water partition coefficient (Wildman–Crippen LogP) is 3.68. The topological polar surface area (TPSA) is 29.1 Å². The molecule has 0 saturated carbocycles. The molecule has 0 aliphatic rings. The Hall–Kier alpha value is -0.900. The van der Waals surface area contributed by atoms with E-state index in [2.05, 4.69) is 28.2 Å². The second kappa shape index (κ2) is 7.52. The second-order valence-electron chi connectivity index (χ2n) is 4.40. The van der Waals surface area contributed by atoms with Crippen molar-refractivity contribution in [1.82, 2.24) is 5.32 Å². The molecule has 0 aliphatic heterocycles. The highest BCUT2D eigenvalue weighted by Crippen LogP contribution is 2.13. The number of carbonyl (C=O) groups excluding carboxylic acids is 1. The predicted molar refractivity (Wildman–Crippen MR) is 75.7 cm³/mol. The first-order valence-corrected chi connectivity index (χ1v) is 7.31. The molecule has 1 N–H and O–H groups in total. The van der Waals surface area contributed by atoms with Gasteiger partial charge in [-0.1, -0.05) is 41.4 Å². The van der Waals surface area contributed by atoms with Gasteiger partial charge < -0.3 is 5.32 Å². The Morgan fingerprint density at radius 2 is 2.22 bits per heavy atom. The molecule has 0 bridgehead atoms. The van der Waals surface area contributed by atoms with E-state index in [4.69, 9.17) is 0 Å². The van der Waals surface area contributed by atoms with Gasteiger partial charge in [0.1, 0.15) is 5.82 Å². The molecule has 0 saturated heterocycles. The first-order chi connectivity index (χ1) is 8.60. The zero-order valence-electron chi connectivity index (χ0n) is 10.8. The van der Waals surface area contributed by atoms with Crippen LogP contribution in [0, 0.1) is 18.7 Å². The van der Waals surface area contributed by atoms with Crippen molar-refractivity contribution in [2.24, 2.45) is 5.92 Å². The van der Waals surface area contributed by atoms with Gasteiger partial charge in [-0.2, -0.15) is 0 Å². The number of alkyl halides is 1. The Morgan fingerprint density at radius 3 is 2.83 bits per heavy atom. The minimum absolute atomic E-state index is 0.128. The van der Waals surface area contributed by atoms with Gasteiger partial charge in [0.05, 0.1) is 5.56 Å². The van der Waals surface area contributed by atoms with Gasteiger partial charge in [0.2, 0.25) is 0 Å². The van der Waals surface area contributed by atoms with Crippen LogP contribution in [0.1, 0.15) is 35.7 Å². The first kappa shape index (κ1) is 15.2. The molecule has 1 unspecified atom stereocenters. The molecular weight excluding hydrogens is 297 g/mol. The van der Waals surface area contributed by atoms with Crippen molar-refractivity contribution in [3.05, 3.63) is 35.1 Å². The molecule has 4 heteroatoms. The maximum Gasteiger partial charge on any atom is 0.254 e. The fraction of sp³-hybridized carbons (Fsp3) is 0.500. The number of hydrogen-bond acceptors (Lipinski definition) is 1. The molecule has 0 heterocycles. The van der Waals surface area contributed by atoms with Crippen LogP contribution in [0.3, 0.4) is 0 Å². The van der Waals surface area contributed by atoms with Crippen molar-refractivity contribution in [2.45, 2.75) is 26.7 Å². The van der Waals surface area contributed by atoms with Crippen LogP contribution in [-0.4, -0.2) is 17.8 Å². The van der Waals surface area contributed by atoms with Gasteiger partial charge in [0.15, 0.2) is 0 Å². The molecule has 0 fully saturated rings. The van der Waals surface area contributed by atoms with Crippen LogP contribution < -0.4 is 5.32 Å². The molecule has 1 rings (SSSR count). The van der Waals surface area contributed by atoms with Crippen LogP contribution >= 0.6 is 15.9 Å². The van der Waals surface area contributed by atoms with E-state index >= 15 is 0 Å². The van der Waals surface area contributed by atoms with Crippen molar-refractivity contribution in [1.29, 1.82) is 0 Å². The van der Waals surface area contributed by atoms with E-state index in [0.717, 1.165) is 18.2 Å².